The van der Waals surface area contributed by atoms with Crippen LogP contribution in [0.2, 0.25) is 0 Å². The van der Waals surface area contributed by atoms with Crippen molar-refractivity contribution in [1.29, 1.82) is 0 Å². The van der Waals surface area contributed by atoms with Gasteiger partial charge in [-0.05, 0) is 25.1 Å². The Bertz CT molecular complexity index is 1070. The van der Waals surface area contributed by atoms with Gasteiger partial charge < -0.3 is 24.4 Å². The van der Waals surface area contributed by atoms with E-state index in [0.717, 1.165) is 0 Å². The summed E-state index contributed by atoms with van der Waals surface area (Å²) in [5.74, 6) is 5.34. The molecule has 1 aliphatic rings. The highest BCUT2D eigenvalue weighted by molar-refractivity contribution is 5.97. The third-order valence-electron chi connectivity index (χ3n) is 5.68. The average molecular weight is 467 g/mol. The molecule has 1 aliphatic heterocycles. The molecule has 0 saturated carbocycles. The van der Waals surface area contributed by atoms with E-state index in [4.69, 9.17) is 9.47 Å². The number of ether oxygens (including phenoxy) is 2. The molecule has 0 spiro atoms. The first-order chi connectivity index (χ1) is 16.3. The number of aliphatic hydroxyl groups excluding tert-OH is 1. The summed E-state index contributed by atoms with van der Waals surface area (Å²) >= 11 is 0. The molecule has 3 atom stereocenters. The highest BCUT2D eigenvalue weighted by atomic mass is 16.5. The second-order valence-corrected chi connectivity index (χ2v) is 8.36. The van der Waals surface area contributed by atoms with Gasteiger partial charge in [0.05, 0.1) is 24.8 Å². The normalized spacial score (nSPS) is 18.5. The molecule has 9 heteroatoms. The molecule has 0 bridgehead atoms. The van der Waals surface area contributed by atoms with E-state index in [1.54, 1.807) is 61.5 Å². The Kier molecular flexibility index (Phi) is 8.57. The topological polar surface area (TPSA) is 105 Å². The SMILES string of the molecule is COCC#Cc1cnc2c(c1)C(=O)N([C@H](C)CO)C[C@@H](C)[C@H](CN(C)C(=O)c1cccnc1)O2. The van der Waals surface area contributed by atoms with Crippen LogP contribution in [0.3, 0.4) is 0 Å². The van der Waals surface area contributed by atoms with Crippen LogP contribution < -0.4 is 4.74 Å². The van der Waals surface area contributed by atoms with Crippen LogP contribution in [0, 0.1) is 17.8 Å². The molecule has 34 heavy (non-hydrogen) atoms. The van der Waals surface area contributed by atoms with Crippen molar-refractivity contribution in [3.63, 3.8) is 0 Å². The first-order valence-electron chi connectivity index (χ1n) is 11.1. The quantitative estimate of drug-likeness (QED) is 0.643. The van der Waals surface area contributed by atoms with Gasteiger partial charge in [0, 0.05) is 50.8 Å². The Labute approximate surface area is 199 Å². The van der Waals surface area contributed by atoms with E-state index in [9.17, 15) is 14.7 Å². The Morgan fingerprint density at radius 1 is 1.44 bits per heavy atom. The second kappa shape index (κ2) is 11.6. The summed E-state index contributed by atoms with van der Waals surface area (Å²) in [6.45, 7) is 4.44. The van der Waals surface area contributed by atoms with E-state index in [2.05, 4.69) is 21.8 Å². The van der Waals surface area contributed by atoms with Gasteiger partial charge in [-0.15, -0.1) is 0 Å². The van der Waals surface area contributed by atoms with Gasteiger partial charge in [-0.3, -0.25) is 14.6 Å². The van der Waals surface area contributed by atoms with Gasteiger partial charge in [-0.25, -0.2) is 4.98 Å². The number of amides is 2. The monoisotopic (exact) mass is 466 g/mol. The van der Waals surface area contributed by atoms with Crippen LogP contribution in [0.15, 0.2) is 36.8 Å². The van der Waals surface area contributed by atoms with Crippen LogP contribution in [-0.2, 0) is 4.74 Å². The van der Waals surface area contributed by atoms with Gasteiger partial charge in [0.25, 0.3) is 11.8 Å². The van der Waals surface area contributed by atoms with Crippen LogP contribution in [0.25, 0.3) is 0 Å². The molecule has 3 heterocycles. The zero-order valence-corrected chi connectivity index (χ0v) is 19.9. The average Bonchev–Trinajstić information content (AvgIpc) is 2.86. The molecule has 180 valence electrons. The van der Waals surface area contributed by atoms with Crippen molar-refractivity contribution in [2.75, 3.05) is 40.5 Å². The molecule has 0 unspecified atom stereocenters. The van der Waals surface area contributed by atoms with Crippen molar-refractivity contribution in [3.8, 4) is 17.7 Å². The largest absolute Gasteiger partial charge is 0.472 e. The number of carbonyl (C=O) groups is 2. The maximum Gasteiger partial charge on any atom is 0.259 e. The van der Waals surface area contributed by atoms with Gasteiger partial charge in [0.1, 0.15) is 18.3 Å². The van der Waals surface area contributed by atoms with Gasteiger partial charge in [-0.1, -0.05) is 18.8 Å². The van der Waals surface area contributed by atoms with Crippen LogP contribution in [0.1, 0.15) is 40.1 Å². The van der Waals surface area contributed by atoms with Crippen LogP contribution in [0.5, 0.6) is 5.88 Å². The fourth-order valence-electron chi connectivity index (χ4n) is 3.66. The van der Waals surface area contributed by atoms with Gasteiger partial charge in [0.2, 0.25) is 5.88 Å². The maximum absolute atomic E-state index is 13.4. The van der Waals surface area contributed by atoms with Gasteiger partial charge in [-0.2, -0.15) is 0 Å². The number of fused-ring (bicyclic) bond motifs is 1. The molecule has 2 aromatic heterocycles. The molecule has 2 amide bonds. The number of methoxy groups -OCH3 is 1. The third-order valence-corrected chi connectivity index (χ3v) is 5.68. The molecule has 2 aromatic rings. The summed E-state index contributed by atoms with van der Waals surface area (Å²) in [6, 6.07) is 4.66. The Morgan fingerprint density at radius 2 is 2.24 bits per heavy atom. The molecule has 0 fully saturated rings. The fraction of sp³-hybridized carbons (Fsp3) is 0.440. The standard InChI is InChI=1S/C25H30N4O5/c1-17-14-29(18(2)16-30)25(32)21-11-19(7-6-10-33-4)12-27-23(21)34-22(17)15-28(3)24(31)20-8-5-9-26-13-20/h5,8-9,11-13,17-18,22,30H,10,14-16H2,1-4H3/t17-,18-,22+/m1/s1. The molecular formula is C25H30N4O5. The first-order valence-corrected chi connectivity index (χ1v) is 11.1. The Balaban J connectivity index is 1.93. The van der Waals surface area contributed by atoms with E-state index < -0.39 is 12.1 Å². The molecule has 9 nitrogen and oxygen atoms in total. The molecule has 3 rings (SSSR count). The lowest BCUT2D eigenvalue weighted by molar-refractivity contribution is 0.0313. The van der Waals surface area contributed by atoms with E-state index in [0.29, 0.717) is 17.7 Å². The highest BCUT2D eigenvalue weighted by Crippen LogP contribution is 2.27. The number of pyridine rings is 2. The van der Waals surface area contributed by atoms with Crippen molar-refractivity contribution in [2.24, 2.45) is 5.92 Å². The Hall–Kier alpha value is -3.48. The minimum Gasteiger partial charge on any atom is -0.472 e. The summed E-state index contributed by atoms with van der Waals surface area (Å²) in [5, 5.41) is 9.77. The van der Waals surface area contributed by atoms with Gasteiger partial charge in [0.15, 0.2) is 0 Å². The van der Waals surface area contributed by atoms with E-state index in [-0.39, 0.29) is 48.9 Å². The number of nitrogens with zero attached hydrogens (tertiary/aromatic N) is 4. The summed E-state index contributed by atoms with van der Waals surface area (Å²) < 4.78 is 11.2. The van der Waals surface area contributed by atoms with Crippen molar-refractivity contribution >= 4 is 11.8 Å². The zero-order chi connectivity index (χ0) is 24.7. The smallest absolute Gasteiger partial charge is 0.259 e. The molecule has 0 aliphatic carbocycles. The lowest BCUT2D eigenvalue weighted by atomic mass is 9.99. The Morgan fingerprint density at radius 3 is 2.91 bits per heavy atom. The molecule has 0 saturated heterocycles. The molecular weight excluding hydrogens is 436 g/mol. The van der Waals surface area contributed by atoms with Gasteiger partial charge >= 0.3 is 0 Å². The highest BCUT2D eigenvalue weighted by Gasteiger charge is 2.34. The summed E-state index contributed by atoms with van der Waals surface area (Å²) in [7, 11) is 3.25. The lowest BCUT2D eigenvalue weighted by Crippen LogP contribution is -2.50. The molecule has 0 aromatic carbocycles. The fourth-order valence-corrected chi connectivity index (χ4v) is 3.66. The summed E-state index contributed by atoms with van der Waals surface area (Å²) in [6.07, 6.45) is 4.24. The van der Waals surface area contributed by atoms with E-state index in [1.165, 1.54) is 6.20 Å². The van der Waals surface area contributed by atoms with Crippen molar-refractivity contribution in [3.05, 3.63) is 53.5 Å². The minimum absolute atomic E-state index is 0.141. The summed E-state index contributed by atoms with van der Waals surface area (Å²) in [4.78, 5) is 37.8. The number of aliphatic hydroxyl groups is 1. The number of hydrogen-bond donors (Lipinski definition) is 1. The number of carbonyl (C=O) groups excluding carboxylic acids is 2. The van der Waals surface area contributed by atoms with Crippen LogP contribution in [0.4, 0.5) is 0 Å². The van der Waals surface area contributed by atoms with Crippen LogP contribution in [-0.4, -0.2) is 89.3 Å². The molecule has 0 radical (unpaired) electrons. The first kappa shape index (κ1) is 25.1. The predicted molar refractivity (Wildman–Crippen MR) is 125 cm³/mol. The number of hydrogen-bond acceptors (Lipinski definition) is 7. The number of aromatic nitrogens is 2. The predicted octanol–water partition coefficient (Wildman–Crippen LogP) is 1.47. The number of likely N-dealkylation sites (N-methyl/N-ethyl adjacent to an activating group) is 1. The second-order valence-electron chi connectivity index (χ2n) is 8.36. The van der Waals surface area contributed by atoms with Crippen molar-refractivity contribution < 1.29 is 24.2 Å². The number of rotatable bonds is 6. The van der Waals surface area contributed by atoms with Crippen molar-refractivity contribution in [1.82, 2.24) is 19.8 Å². The zero-order valence-electron chi connectivity index (χ0n) is 19.9. The van der Waals surface area contributed by atoms with E-state index in [1.807, 2.05) is 6.92 Å². The van der Waals surface area contributed by atoms with E-state index >= 15 is 0 Å². The molecule has 1 N–H and O–H groups in total. The van der Waals surface area contributed by atoms with Crippen LogP contribution >= 0.6 is 0 Å². The van der Waals surface area contributed by atoms with Crippen molar-refractivity contribution in [2.45, 2.75) is 26.0 Å². The maximum atomic E-state index is 13.4. The summed E-state index contributed by atoms with van der Waals surface area (Å²) in [5.41, 5.74) is 1.30. The third kappa shape index (κ3) is 5.90. The lowest BCUT2D eigenvalue weighted by Gasteiger charge is -2.37. The minimum atomic E-state index is -0.441.